The van der Waals surface area contributed by atoms with Gasteiger partial charge in [0, 0.05) is 25.7 Å². The Morgan fingerprint density at radius 1 is 0.312 bits per heavy atom. The number of aliphatic hydroxyl groups excluding tert-OH is 1. The van der Waals surface area contributed by atoms with Crippen molar-refractivity contribution in [2.75, 3.05) is 39.6 Å². The van der Waals surface area contributed by atoms with Gasteiger partial charge in [-0.3, -0.25) is 37.3 Å². The fourth-order valence-corrected chi connectivity index (χ4v) is 12.8. The number of aliphatic hydroxyl groups is 1. The van der Waals surface area contributed by atoms with Crippen molar-refractivity contribution >= 4 is 39.5 Å². The number of phosphoric ester groups is 2. The molecule has 0 aromatic heterocycles. The average molecular weight is 1370 g/mol. The maximum absolute atomic E-state index is 13.1. The second kappa shape index (κ2) is 66.0. The lowest BCUT2D eigenvalue weighted by Crippen LogP contribution is -2.30. The van der Waals surface area contributed by atoms with Crippen molar-refractivity contribution in [3.05, 3.63) is 0 Å². The molecule has 552 valence electrons. The Balaban J connectivity index is 5.25. The number of rotatable bonds is 73. The summed E-state index contributed by atoms with van der Waals surface area (Å²) >= 11 is 0. The van der Waals surface area contributed by atoms with E-state index in [9.17, 15) is 43.2 Å². The zero-order valence-electron chi connectivity index (χ0n) is 60.6. The summed E-state index contributed by atoms with van der Waals surface area (Å²) in [4.78, 5) is 72.7. The molecule has 0 saturated heterocycles. The van der Waals surface area contributed by atoms with Gasteiger partial charge in [-0.2, -0.15) is 0 Å². The lowest BCUT2D eigenvalue weighted by atomic mass is 9.99. The molecule has 17 nitrogen and oxygen atoms in total. The van der Waals surface area contributed by atoms with Crippen LogP contribution in [0.2, 0.25) is 0 Å². The third-order valence-corrected chi connectivity index (χ3v) is 19.5. The van der Waals surface area contributed by atoms with E-state index in [1.54, 1.807) is 0 Å². The van der Waals surface area contributed by atoms with E-state index < -0.39 is 97.5 Å². The first-order chi connectivity index (χ1) is 44.9. The fraction of sp³-hybridized carbons (Fsp3) is 0.946. The summed E-state index contributed by atoms with van der Waals surface area (Å²) in [5.74, 6) is -0.603. The summed E-state index contributed by atoms with van der Waals surface area (Å²) < 4.78 is 68.4. The van der Waals surface area contributed by atoms with E-state index >= 15 is 0 Å². The van der Waals surface area contributed by atoms with Crippen molar-refractivity contribution in [2.24, 2.45) is 11.8 Å². The van der Waals surface area contributed by atoms with Gasteiger partial charge in [-0.05, 0) is 37.5 Å². The Bertz CT molecular complexity index is 1810. The summed E-state index contributed by atoms with van der Waals surface area (Å²) in [6.45, 7) is 9.56. The molecular formula is C74H144O17P2. The second-order valence-corrected chi connectivity index (χ2v) is 30.3. The van der Waals surface area contributed by atoms with Crippen molar-refractivity contribution in [1.29, 1.82) is 0 Å². The van der Waals surface area contributed by atoms with Crippen molar-refractivity contribution in [1.82, 2.24) is 0 Å². The van der Waals surface area contributed by atoms with E-state index in [1.807, 2.05) is 0 Å². The number of carbonyl (C=O) groups excluding carboxylic acids is 4. The van der Waals surface area contributed by atoms with Gasteiger partial charge in [-0.1, -0.05) is 330 Å². The molecule has 0 aromatic carbocycles. The van der Waals surface area contributed by atoms with Gasteiger partial charge in [-0.25, -0.2) is 9.13 Å². The molecule has 0 rings (SSSR count). The minimum absolute atomic E-state index is 0.107. The summed E-state index contributed by atoms with van der Waals surface area (Å²) in [7, 11) is -9.91. The van der Waals surface area contributed by atoms with Gasteiger partial charge >= 0.3 is 39.5 Å². The highest BCUT2D eigenvalue weighted by Gasteiger charge is 2.30. The van der Waals surface area contributed by atoms with Crippen molar-refractivity contribution in [3.8, 4) is 0 Å². The maximum Gasteiger partial charge on any atom is 0.472 e. The highest BCUT2D eigenvalue weighted by molar-refractivity contribution is 7.47. The van der Waals surface area contributed by atoms with Crippen LogP contribution in [0, 0.1) is 11.8 Å². The number of phosphoric acid groups is 2. The van der Waals surface area contributed by atoms with Crippen molar-refractivity contribution < 1.29 is 80.2 Å². The summed E-state index contributed by atoms with van der Waals surface area (Å²) in [6.07, 6.45) is 52.6. The van der Waals surface area contributed by atoms with Crippen molar-refractivity contribution in [2.45, 2.75) is 400 Å². The van der Waals surface area contributed by atoms with Gasteiger partial charge in [0.2, 0.25) is 0 Å². The topological polar surface area (TPSA) is 237 Å². The van der Waals surface area contributed by atoms with Crippen molar-refractivity contribution in [3.63, 3.8) is 0 Å². The van der Waals surface area contributed by atoms with Gasteiger partial charge in [-0.15, -0.1) is 0 Å². The van der Waals surface area contributed by atoms with E-state index in [4.69, 9.17) is 37.0 Å². The third kappa shape index (κ3) is 67.0. The summed E-state index contributed by atoms with van der Waals surface area (Å²) in [5, 5.41) is 10.6. The molecule has 0 aromatic rings. The van der Waals surface area contributed by atoms with Crippen LogP contribution < -0.4 is 0 Å². The van der Waals surface area contributed by atoms with Gasteiger partial charge in [0.05, 0.1) is 26.4 Å². The standard InChI is InChI=1S/C74H144O17P2/c1-7-10-12-14-16-18-20-22-23-24-25-26-28-34-40-47-53-59-74(79)90-69(62-84-71(76)56-50-44-38-32-30-29-31-37-43-49-55-67(6)9-3)64-88-92(80,81)86-60-68(75)61-87-93(82,83)89-65-70(63-85-72(77)57-51-45-41-35-36-42-48-54-66(4)5)91-73(78)58-52-46-39-33-27-21-19-17-15-13-11-8-2/h66-70,75H,7-65H2,1-6H3,(H,80,81)(H,82,83)/t67?,68-,69-,70-/m1/s1. The molecule has 0 aliphatic rings. The largest absolute Gasteiger partial charge is 0.472 e. The smallest absolute Gasteiger partial charge is 0.462 e. The number of hydrogen-bond acceptors (Lipinski definition) is 15. The molecule has 93 heavy (non-hydrogen) atoms. The van der Waals surface area contributed by atoms with Crippen LogP contribution in [0.25, 0.3) is 0 Å². The lowest BCUT2D eigenvalue weighted by molar-refractivity contribution is -0.161. The van der Waals surface area contributed by atoms with E-state index in [0.29, 0.717) is 31.6 Å². The molecule has 0 spiro atoms. The van der Waals surface area contributed by atoms with E-state index in [0.717, 1.165) is 102 Å². The SMILES string of the molecule is CCCCCCCCCCCCCCCCCCCC(=O)O[C@H](COC(=O)CCCCCCCCCCCCC(C)CC)COP(=O)(O)OC[C@@H](O)COP(=O)(O)OC[C@@H](COC(=O)CCCCCCCCCC(C)C)OC(=O)CCCCCCCCCCCCCC. The Morgan fingerprint density at radius 2 is 0.548 bits per heavy atom. The Morgan fingerprint density at radius 3 is 0.817 bits per heavy atom. The maximum atomic E-state index is 13.1. The molecule has 0 aliphatic heterocycles. The molecule has 0 aliphatic carbocycles. The average Bonchev–Trinajstić information content (AvgIpc) is 2.32. The van der Waals surface area contributed by atoms with Crippen LogP contribution in [0.1, 0.15) is 382 Å². The quantitative estimate of drug-likeness (QED) is 0.0222. The molecular weight excluding hydrogens is 1220 g/mol. The fourth-order valence-electron chi connectivity index (χ4n) is 11.3. The van der Waals surface area contributed by atoms with E-state index in [1.165, 1.54) is 193 Å². The molecule has 0 bridgehead atoms. The number of carbonyl (C=O) groups is 4. The van der Waals surface area contributed by atoms with Crippen LogP contribution >= 0.6 is 15.6 Å². The van der Waals surface area contributed by atoms with Crippen LogP contribution in [0.15, 0.2) is 0 Å². The molecule has 0 fully saturated rings. The highest BCUT2D eigenvalue weighted by Crippen LogP contribution is 2.45. The second-order valence-electron chi connectivity index (χ2n) is 27.4. The summed E-state index contributed by atoms with van der Waals surface area (Å²) in [6, 6.07) is 0. The molecule has 3 unspecified atom stereocenters. The van der Waals surface area contributed by atoms with Gasteiger partial charge in [0.1, 0.15) is 19.3 Å². The Kier molecular flexibility index (Phi) is 64.6. The predicted molar refractivity (Wildman–Crippen MR) is 377 cm³/mol. The molecule has 6 atom stereocenters. The minimum atomic E-state index is -4.96. The first kappa shape index (κ1) is 91.1. The van der Waals surface area contributed by atoms with Crippen LogP contribution in [-0.2, 0) is 65.4 Å². The van der Waals surface area contributed by atoms with Gasteiger partial charge in [0.25, 0.3) is 0 Å². The first-order valence-electron chi connectivity index (χ1n) is 38.5. The van der Waals surface area contributed by atoms with Crippen LogP contribution in [0.4, 0.5) is 0 Å². The number of ether oxygens (including phenoxy) is 4. The Labute approximate surface area is 568 Å². The van der Waals surface area contributed by atoms with Crippen LogP contribution in [0.3, 0.4) is 0 Å². The van der Waals surface area contributed by atoms with E-state index in [2.05, 4.69) is 41.5 Å². The zero-order chi connectivity index (χ0) is 68.6. The number of esters is 4. The minimum Gasteiger partial charge on any atom is -0.462 e. The van der Waals surface area contributed by atoms with Gasteiger partial charge < -0.3 is 33.8 Å². The van der Waals surface area contributed by atoms with Crippen LogP contribution in [0.5, 0.6) is 0 Å². The third-order valence-electron chi connectivity index (χ3n) is 17.6. The zero-order valence-corrected chi connectivity index (χ0v) is 62.3. The van der Waals surface area contributed by atoms with Gasteiger partial charge in [0.15, 0.2) is 12.2 Å². The molecule has 0 radical (unpaired) electrons. The van der Waals surface area contributed by atoms with E-state index in [-0.39, 0.29) is 25.7 Å². The number of unbranched alkanes of at least 4 members (excludes halogenated alkanes) is 42. The molecule has 19 heteroatoms. The normalized spacial score (nSPS) is 14.3. The lowest BCUT2D eigenvalue weighted by Gasteiger charge is -2.21. The number of hydrogen-bond donors (Lipinski definition) is 3. The predicted octanol–water partition coefficient (Wildman–Crippen LogP) is 21.6. The monoisotopic (exact) mass is 1370 g/mol. The molecule has 0 amide bonds. The summed E-state index contributed by atoms with van der Waals surface area (Å²) in [5.41, 5.74) is 0. The molecule has 3 N–H and O–H groups in total. The first-order valence-corrected chi connectivity index (χ1v) is 41.5. The molecule has 0 saturated carbocycles. The highest BCUT2D eigenvalue weighted by atomic mass is 31.2. The van der Waals surface area contributed by atoms with Crippen LogP contribution in [-0.4, -0.2) is 96.7 Å². The Hall–Kier alpha value is -1.94. The molecule has 0 heterocycles.